The van der Waals surface area contributed by atoms with Crippen molar-refractivity contribution in [3.05, 3.63) is 12.4 Å². The number of amides is 2. The Hall–Kier alpha value is -1.19. The minimum atomic E-state index is -0.00639. The molecular formula is C7H13N3O. The van der Waals surface area contributed by atoms with Crippen LogP contribution in [0.25, 0.3) is 0 Å². The van der Waals surface area contributed by atoms with Crippen LogP contribution in [-0.2, 0) is 0 Å². The first-order chi connectivity index (χ1) is 5.04. The topological polar surface area (TPSA) is 26.8 Å². The standard InChI is InChI=1S/C7H13N3O/c1-6-8(2)5-9(3)7(11)10(6)4/h1,5H2,2-4H3. The smallest absolute Gasteiger partial charge is 0.326 e. The predicted molar refractivity (Wildman–Crippen MR) is 42.7 cm³/mol. The van der Waals surface area contributed by atoms with Gasteiger partial charge in [0.15, 0.2) is 0 Å². The number of carbonyl (C=O) groups excluding carboxylic acids is 1. The number of hydrogen-bond acceptors (Lipinski definition) is 2. The molecule has 1 heterocycles. The largest absolute Gasteiger partial charge is 0.344 e. The molecule has 0 radical (unpaired) electrons. The molecule has 0 unspecified atom stereocenters. The van der Waals surface area contributed by atoms with Crippen molar-refractivity contribution in [2.45, 2.75) is 0 Å². The normalized spacial score (nSPS) is 19.7. The van der Waals surface area contributed by atoms with E-state index in [1.807, 2.05) is 11.9 Å². The first kappa shape index (κ1) is 7.91. The molecule has 1 aliphatic heterocycles. The first-order valence-corrected chi connectivity index (χ1v) is 3.43. The van der Waals surface area contributed by atoms with Gasteiger partial charge in [-0.25, -0.2) is 4.79 Å². The van der Waals surface area contributed by atoms with E-state index in [2.05, 4.69) is 6.58 Å². The van der Waals surface area contributed by atoms with Crippen LogP contribution in [0.1, 0.15) is 0 Å². The highest BCUT2D eigenvalue weighted by Crippen LogP contribution is 2.12. The zero-order valence-corrected chi connectivity index (χ0v) is 7.16. The number of hydrogen-bond donors (Lipinski definition) is 0. The molecule has 4 heteroatoms. The number of urea groups is 1. The van der Waals surface area contributed by atoms with E-state index >= 15 is 0 Å². The van der Waals surface area contributed by atoms with Gasteiger partial charge in [-0.1, -0.05) is 6.58 Å². The van der Waals surface area contributed by atoms with Crippen LogP contribution < -0.4 is 0 Å². The summed E-state index contributed by atoms with van der Waals surface area (Å²) in [6.07, 6.45) is 0. The van der Waals surface area contributed by atoms with Gasteiger partial charge in [0.25, 0.3) is 0 Å². The Kier molecular flexibility index (Phi) is 1.76. The van der Waals surface area contributed by atoms with Crippen molar-refractivity contribution in [2.75, 3.05) is 27.8 Å². The second-order valence-electron chi connectivity index (χ2n) is 2.80. The first-order valence-electron chi connectivity index (χ1n) is 3.43. The van der Waals surface area contributed by atoms with Gasteiger partial charge in [0.1, 0.15) is 5.82 Å². The zero-order valence-electron chi connectivity index (χ0n) is 7.16. The van der Waals surface area contributed by atoms with Crippen molar-refractivity contribution >= 4 is 6.03 Å². The van der Waals surface area contributed by atoms with Gasteiger partial charge in [0.05, 0.1) is 6.67 Å². The maximum absolute atomic E-state index is 11.2. The maximum atomic E-state index is 11.2. The summed E-state index contributed by atoms with van der Waals surface area (Å²) in [6, 6.07) is -0.00639. The molecule has 2 amide bonds. The average Bonchev–Trinajstić information content (AvgIpc) is 1.97. The molecule has 1 saturated heterocycles. The molecule has 0 aromatic rings. The summed E-state index contributed by atoms with van der Waals surface area (Å²) >= 11 is 0. The number of nitrogens with zero attached hydrogens (tertiary/aromatic N) is 3. The molecule has 4 nitrogen and oxygen atoms in total. The molecule has 1 rings (SSSR count). The van der Waals surface area contributed by atoms with Crippen LogP contribution in [0.4, 0.5) is 4.79 Å². The van der Waals surface area contributed by atoms with Gasteiger partial charge in [0, 0.05) is 21.1 Å². The molecule has 0 aromatic carbocycles. The molecule has 0 spiro atoms. The summed E-state index contributed by atoms with van der Waals surface area (Å²) in [4.78, 5) is 16.3. The van der Waals surface area contributed by atoms with Crippen LogP contribution in [0.15, 0.2) is 12.4 Å². The third-order valence-corrected chi connectivity index (χ3v) is 1.87. The van der Waals surface area contributed by atoms with E-state index in [0.29, 0.717) is 6.67 Å². The molecule has 0 atom stereocenters. The van der Waals surface area contributed by atoms with Crippen molar-refractivity contribution in [3.8, 4) is 0 Å². The van der Waals surface area contributed by atoms with Gasteiger partial charge >= 0.3 is 6.03 Å². The SMILES string of the molecule is C=C1N(C)CN(C)C(=O)N1C. The van der Waals surface area contributed by atoms with E-state index in [0.717, 1.165) is 5.82 Å². The monoisotopic (exact) mass is 155 g/mol. The highest BCUT2D eigenvalue weighted by molar-refractivity contribution is 5.76. The summed E-state index contributed by atoms with van der Waals surface area (Å²) < 4.78 is 0. The summed E-state index contributed by atoms with van der Waals surface area (Å²) in [6.45, 7) is 4.38. The van der Waals surface area contributed by atoms with Crippen LogP contribution in [-0.4, -0.2) is 48.5 Å². The van der Waals surface area contributed by atoms with Crippen LogP contribution in [0.3, 0.4) is 0 Å². The lowest BCUT2D eigenvalue weighted by molar-refractivity contribution is 0.112. The third kappa shape index (κ3) is 1.15. The highest BCUT2D eigenvalue weighted by atomic mass is 16.2. The Bertz CT molecular complexity index is 182. The Morgan fingerprint density at radius 2 is 1.82 bits per heavy atom. The summed E-state index contributed by atoms with van der Waals surface area (Å²) in [5.41, 5.74) is 0. The minimum Gasteiger partial charge on any atom is -0.344 e. The van der Waals surface area contributed by atoms with E-state index in [1.54, 1.807) is 19.0 Å². The Labute approximate surface area is 66.7 Å². The molecule has 62 valence electrons. The summed E-state index contributed by atoms with van der Waals surface area (Å²) in [5.74, 6) is 0.744. The van der Waals surface area contributed by atoms with Gasteiger partial charge in [-0.2, -0.15) is 0 Å². The Morgan fingerprint density at radius 3 is 2.36 bits per heavy atom. The van der Waals surface area contributed by atoms with Gasteiger partial charge in [-0.3, -0.25) is 4.90 Å². The van der Waals surface area contributed by atoms with Gasteiger partial charge < -0.3 is 9.80 Å². The zero-order chi connectivity index (χ0) is 8.59. The van der Waals surface area contributed by atoms with E-state index in [-0.39, 0.29) is 6.03 Å². The molecule has 0 bridgehead atoms. The van der Waals surface area contributed by atoms with Crippen molar-refractivity contribution in [1.29, 1.82) is 0 Å². The Morgan fingerprint density at radius 1 is 1.27 bits per heavy atom. The van der Waals surface area contributed by atoms with E-state index in [9.17, 15) is 4.79 Å². The van der Waals surface area contributed by atoms with Gasteiger partial charge in [-0.05, 0) is 0 Å². The highest BCUT2D eigenvalue weighted by Gasteiger charge is 2.25. The fourth-order valence-electron chi connectivity index (χ4n) is 1.08. The average molecular weight is 155 g/mol. The van der Waals surface area contributed by atoms with Gasteiger partial charge in [-0.15, -0.1) is 0 Å². The molecule has 0 saturated carbocycles. The van der Waals surface area contributed by atoms with E-state index in [1.165, 1.54) is 4.90 Å². The molecular weight excluding hydrogens is 142 g/mol. The molecule has 0 aromatic heterocycles. The minimum absolute atomic E-state index is 0.00639. The third-order valence-electron chi connectivity index (χ3n) is 1.87. The lowest BCUT2D eigenvalue weighted by Crippen LogP contribution is -2.51. The fourth-order valence-corrected chi connectivity index (χ4v) is 1.08. The lowest BCUT2D eigenvalue weighted by Gasteiger charge is -2.39. The van der Waals surface area contributed by atoms with Crippen molar-refractivity contribution < 1.29 is 4.79 Å². The van der Waals surface area contributed by atoms with Crippen LogP contribution in [0.5, 0.6) is 0 Å². The van der Waals surface area contributed by atoms with Crippen molar-refractivity contribution in [3.63, 3.8) is 0 Å². The van der Waals surface area contributed by atoms with Gasteiger partial charge in [0.2, 0.25) is 0 Å². The quantitative estimate of drug-likeness (QED) is 0.504. The number of carbonyl (C=O) groups is 1. The molecule has 1 aliphatic rings. The molecule has 0 aliphatic carbocycles. The molecule has 0 N–H and O–H groups in total. The Balaban J connectivity index is 2.79. The summed E-state index contributed by atoms with van der Waals surface area (Å²) in [7, 11) is 5.39. The molecule has 1 fully saturated rings. The number of rotatable bonds is 0. The molecule has 11 heavy (non-hydrogen) atoms. The summed E-state index contributed by atoms with van der Waals surface area (Å²) in [5, 5.41) is 0. The fraction of sp³-hybridized carbons (Fsp3) is 0.571. The van der Waals surface area contributed by atoms with E-state index < -0.39 is 0 Å². The van der Waals surface area contributed by atoms with Crippen LogP contribution >= 0.6 is 0 Å². The second-order valence-corrected chi connectivity index (χ2v) is 2.80. The maximum Gasteiger partial charge on any atom is 0.326 e. The van der Waals surface area contributed by atoms with Crippen molar-refractivity contribution in [1.82, 2.24) is 14.7 Å². The van der Waals surface area contributed by atoms with Crippen LogP contribution in [0, 0.1) is 0 Å². The predicted octanol–water partition coefficient (Wildman–Crippen LogP) is 0.344. The van der Waals surface area contributed by atoms with Crippen molar-refractivity contribution in [2.24, 2.45) is 0 Å². The van der Waals surface area contributed by atoms with Crippen LogP contribution in [0.2, 0.25) is 0 Å². The van der Waals surface area contributed by atoms with E-state index in [4.69, 9.17) is 0 Å². The second kappa shape index (κ2) is 2.45. The lowest BCUT2D eigenvalue weighted by atomic mass is 10.5.